The predicted octanol–water partition coefficient (Wildman–Crippen LogP) is 3.30. The third kappa shape index (κ3) is 4.10. The average molecular weight is 314 g/mol. The maximum atomic E-state index is 11.5. The van der Waals surface area contributed by atoms with Crippen molar-refractivity contribution in [3.63, 3.8) is 0 Å². The zero-order valence-electron chi connectivity index (χ0n) is 11.2. The maximum absolute atomic E-state index is 11.5. The van der Waals surface area contributed by atoms with Gasteiger partial charge in [-0.15, -0.1) is 0 Å². The lowest BCUT2D eigenvalue weighted by Crippen LogP contribution is -2.38. The lowest BCUT2D eigenvalue weighted by Gasteiger charge is -2.24. The number of hydrogen-bond acceptors (Lipinski definition) is 3. The summed E-state index contributed by atoms with van der Waals surface area (Å²) in [6, 6.07) is 8.39. The summed E-state index contributed by atoms with van der Waals surface area (Å²) >= 11 is 3.46. The van der Waals surface area contributed by atoms with Crippen molar-refractivity contribution in [1.82, 2.24) is 5.32 Å². The van der Waals surface area contributed by atoms with E-state index in [9.17, 15) is 4.79 Å². The first-order valence-corrected chi connectivity index (χ1v) is 6.84. The van der Waals surface area contributed by atoms with E-state index in [2.05, 4.69) is 40.3 Å². The summed E-state index contributed by atoms with van der Waals surface area (Å²) in [6.07, 6.45) is 0. The molecule has 1 rings (SSSR count). The maximum Gasteiger partial charge on any atom is 0.309 e. The zero-order chi connectivity index (χ0) is 13.7. The number of esters is 1. The Morgan fingerprint density at radius 1 is 1.33 bits per heavy atom. The molecule has 4 heteroatoms. The van der Waals surface area contributed by atoms with E-state index in [0.29, 0.717) is 0 Å². The van der Waals surface area contributed by atoms with Crippen molar-refractivity contribution in [3.8, 4) is 0 Å². The number of methoxy groups -OCH3 is 1. The number of carbonyl (C=O) groups is 1. The van der Waals surface area contributed by atoms with Gasteiger partial charge in [0.05, 0.1) is 13.0 Å². The average Bonchev–Trinajstić information content (AvgIpc) is 2.36. The molecule has 3 nitrogen and oxygen atoms in total. The molecule has 3 atom stereocenters. The van der Waals surface area contributed by atoms with Crippen LogP contribution in [0.5, 0.6) is 0 Å². The van der Waals surface area contributed by atoms with Gasteiger partial charge in [-0.3, -0.25) is 4.79 Å². The van der Waals surface area contributed by atoms with E-state index < -0.39 is 0 Å². The van der Waals surface area contributed by atoms with Gasteiger partial charge in [0, 0.05) is 16.6 Å². The largest absolute Gasteiger partial charge is 0.469 e. The molecular weight excluding hydrogens is 294 g/mol. The van der Waals surface area contributed by atoms with Crippen molar-refractivity contribution >= 4 is 21.9 Å². The van der Waals surface area contributed by atoms with Crippen LogP contribution in [0.25, 0.3) is 0 Å². The van der Waals surface area contributed by atoms with Crippen LogP contribution >= 0.6 is 15.9 Å². The highest BCUT2D eigenvalue weighted by atomic mass is 79.9. The van der Waals surface area contributed by atoms with Gasteiger partial charge in [0.1, 0.15) is 0 Å². The van der Waals surface area contributed by atoms with Gasteiger partial charge >= 0.3 is 5.97 Å². The van der Waals surface area contributed by atoms with Crippen LogP contribution in [0.2, 0.25) is 0 Å². The Kier molecular flexibility index (Phi) is 5.82. The van der Waals surface area contributed by atoms with E-state index >= 15 is 0 Å². The van der Waals surface area contributed by atoms with Gasteiger partial charge in [0.2, 0.25) is 0 Å². The topological polar surface area (TPSA) is 38.3 Å². The predicted molar refractivity (Wildman–Crippen MR) is 76.3 cm³/mol. The molecule has 0 heterocycles. The highest BCUT2D eigenvalue weighted by molar-refractivity contribution is 9.10. The number of halogens is 1. The van der Waals surface area contributed by atoms with Crippen LogP contribution in [0, 0.1) is 5.92 Å². The Hall–Kier alpha value is -0.870. The number of ether oxygens (including phenoxy) is 1. The van der Waals surface area contributed by atoms with E-state index in [0.717, 1.165) is 4.47 Å². The third-order valence-electron chi connectivity index (χ3n) is 3.18. The van der Waals surface area contributed by atoms with Crippen molar-refractivity contribution in [1.29, 1.82) is 0 Å². The van der Waals surface area contributed by atoms with E-state index in [-0.39, 0.29) is 24.0 Å². The van der Waals surface area contributed by atoms with Gasteiger partial charge in [0.25, 0.3) is 0 Å². The zero-order valence-corrected chi connectivity index (χ0v) is 12.8. The minimum Gasteiger partial charge on any atom is -0.469 e. The molecule has 0 bridgehead atoms. The Labute approximate surface area is 117 Å². The smallest absolute Gasteiger partial charge is 0.309 e. The molecule has 0 amide bonds. The van der Waals surface area contributed by atoms with E-state index in [1.807, 2.05) is 26.0 Å². The van der Waals surface area contributed by atoms with Gasteiger partial charge in [-0.1, -0.05) is 35.0 Å². The quantitative estimate of drug-likeness (QED) is 0.848. The number of hydrogen-bond donors (Lipinski definition) is 1. The third-order valence-corrected chi connectivity index (χ3v) is 3.68. The summed E-state index contributed by atoms with van der Waals surface area (Å²) in [7, 11) is 1.42. The molecule has 0 spiro atoms. The van der Waals surface area contributed by atoms with Crippen LogP contribution in [0.15, 0.2) is 28.7 Å². The standard InChI is InChI=1S/C14H20BrNO2/c1-9(14(17)18-4)10(2)16-11(3)12-6-5-7-13(15)8-12/h5-11,16H,1-4H3/t9?,10?,11-/m0/s1. The Balaban J connectivity index is 2.64. The molecule has 0 aromatic heterocycles. The van der Waals surface area contributed by atoms with Crippen molar-refractivity contribution in [2.24, 2.45) is 5.92 Å². The number of nitrogens with one attached hydrogen (secondary N) is 1. The molecule has 1 N–H and O–H groups in total. The Morgan fingerprint density at radius 2 is 2.00 bits per heavy atom. The second-order valence-electron chi connectivity index (χ2n) is 4.54. The van der Waals surface area contributed by atoms with E-state index in [1.54, 1.807) is 0 Å². The molecule has 0 radical (unpaired) electrons. The molecular formula is C14H20BrNO2. The van der Waals surface area contributed by atoms with Crippen molar-refractivity contribution in [2.75, 3.05) is 7.11 Å². The number of rotatable bonds is 5. The molecule has 1 aromatic rings. The molecule has 18 heavy (non-hydrogen) atoms. The summed E-state index contributed by atoms with van der Waals surface area (Å²) in [5.41, 5.74) is 1.19. The SMILES string of the molecule is COC(=O)C(C)C(C)N[C@@H](C)c1cccc(Br)c1. The van der Waals surface area contributed by atoms with Crippen LogP contribution < -0.4 is 5.32 Å². The summed E-state index contributed by atoms with van der Waals surface area (Å²) in [5.74, 6) is -0.346. The molecule has 0 aliphatic heterocycles. The van der Waals surface area contributed by atoms with Crippen LogP contribution in [0.4, 0.5) is 0 Å². The normalized spacial score (nSPS) is 15.8. The summed E-state index contributed by atoms with van der Waals surface area (Å²) in [5, 5.41) is 3.42. The van der Waals surface area contributed by atoms with Gasteiger partial charge in [-0.05, 0) is 31.5 Å². The van der Waals surface area contributed by atoms with E-state index in [1.165, 1.54) is 12.7 Å². The van der Waals surface area contributed by atoms with Gasteiger partial charge in [-0.25, -0.2) is 0 Å². The first-order valence-electron chi connectivity index (χ1n) is 6.05. The summed E-state index contributed by atoms with van der Waals surface area (Å²) < 4.78 is 5.81. The Morgan fingerprint density at radius 3 is 2.56 bits per heavy atom. The minimum absolute atomic E-state index is 0.0615. The number of carbonyl (C=O) groups excluding carboxylic acids is 1. The second-order valence-corrected chi connectivity index (χ2v) is 5.46. The molecule has 100 valence electrons. The van der Waals surface area contributed by atoms with Crippen LogP contribution in [-0.4, -0.2) is 19.1 Å². The van der Waals surface area contributed by atoms with Gasteiger partial charge < -0.3 is 10.1 Å². The van der Waals surface area contributed by atoms with E-state index in [4.69, 9.17) is 4.74 Å². The van der Waals surface area contributed by atoms with Crippen LogP contribution in [-0.2, 0) is 9.53 Å². The molecule has 1 aromatic carbocycles. The molecule has 0 fully saturated rings. The monoisotopic (exact) mass is 313 g/mol. The summed E-state index contributed by atoms with van der Waals surface area (Å²) in [4.78, 5) is 11.5. The fraction of sp³-hybridized carbons (Fsp3) is 0.500. The molecule has 0 aliphatic carbocycles. The van der Waals surface area contributed by atoms with Crippen molar-refractivity contribution in [3.05, 3.63) is 34.3 Å². The van der Waals surface area contributed by atoms with Crippen LogP contribution in [0.1, 0.15) is 32.4 Å². The first-order chi connectivity index (χ1) is 8.45. The second kappa shape index (κ2) is 6.90. The highest BCUT2D eigenvalue weighted by Crippen LogP contribution is 2.19. The van der Waals surface area contributed by atoms with Gasteiger partial charge in [0.15, 0.2) is 0 Å². The van der Waals surface area contributed by atoms with Crippen LogP contribution in [0.3, 0.4) is 0 Å². The lowest BCUT2D eigenvalue weighted by molar-refractivity contribution is -0.145. The van der Waals surface area contributed by atoms with Crippen molar-refractivity contribution < 1.29 is 9.53 Å². The number of benzene rings is 1. The van der Waals surface area contributed by atoms with Crippen molar-refractivity contribution in [2.45, 2.75) is 32.9 Å². The minimum atomic E-state index is -0.184. The first kappa shape index (κ1) is 15.2. The molecule has 0 aliphatic rings. The molecule has 0 saturated heterocycles. The summed E-state index contributed by atoms with van der Waals surface area (Å²) in [6.45, 7) is 5.95. The fourth-order valence-corrected chi connectivity index (χ4v) is 2.22. The molecule has 0 saturated carbocycles. The fourth-order valence-electron chi connectivity index (χ4n) is 1.80. The lowest BCUT2D eigenvalue weighted by atomic mass is 10.0. The highest BCUT2D eigenvalue weighted by Gasteiger charge is 2.22. The van der Waals surface area contributed by atoms with Gasteiger partial charge in [-0.2, -0.15) is 0 Å². The molecule has 2 unspecified atom stereocenters. The Bertz CT molecular complexity index is 409.